The van der Waals surface area contributed by atoms with Crippen molar-refractivity contribution in [1.29, 1.82) is 0 Å². The second-order valence-electron chi connectivity index (χ2n) is 15.5. The van der Waals surface area contributed by atoms with E-state index in [1.54, 1.807) is 0 Å². The summed E-state index contributed by atoms with van der Waals surface area (Å²) in [4.78, 5) is 4.57. The third-order valence-corrected chi connectivity index (χ3v) is 12.1. The summed E-state index contributed by atoms with van der Waals surface area (Å²) in [6.07, 6.45) is 0. The van der Waals surface area contributed by atoms with Gasteiger partial charge in [-0.1, -0.05) is 210 Å². The maximum atomic E-state index is 9.04. The van der Waals surface area contributed by atoms with Crippen molar-refractivity contribution in [2.24, 2.45) is 0 Å². The van der Waals surface area contributed by atoms with Gasteiger partial charge in [0.05, 0.1) is 22.5 Å². The van der Waals surface area contributed by atoms with Gasteiger partial charge in [0.15, 0.2) is 5.58 Å². The van der Waals surface area contributed by atoms with E-state index in [2.05, 4.69) is 177 Å². The van der Waals surface area contributed by atoms with Crippen molar-refractivity contribution in [2.75, 3.05) is 9.80 Å². The fourth-order valence-electron chi connectivity index (χ4n) is 8.77. The van der Waals surface area contributed by atoms with Crippen LogP contribution >= 0.6 is 15.9 Å². The van der Waals surface area contributed by atoms with Crippen LogP contribution in [0.15, 0.2) is 258 Å². The SMILES string of the molecule is [2H]c1c([2H])c([2H])c2c(oc3c(N(c4cc(-c5ccccc5)cc(N(c5cccc(Br)c5)c5c(-c6ccccc6)cccc5-c5ccccc5)c4)c4ccccc4-c4ccccc4)cccc32)c1[2H]. The van der Waals surface area contributed by atoms with E-state index < -0.39 is 0 Å². The van der Waals surface area contributed by atoms with E-state index in [0.29, 0.717) is 22.0 Å². The molecule has 11 rings (SSSR count). The number of para-hydroxylation sites is 4. The van der Waals surface area contributed by atoms with E-state index in [9.17, 15) is 0 Å². The fraction of sp³-hybridized carbons (Fsp3) is 0. The van der Waals surface area contributed by atoms with E-state index in [0.717, 1.165) is 77.4 Å². The molecular weight excluding hydrogens is 845 g/mol. The van der Waals surface area contributed by atoms with Gasteiger partial charge in [-0.3, -0.25) is 0 Å². The minimum Gasteiger partial charge on any atom is -0.454 e. The molecule has 0 N–H and O–H groups in total. The van der Waals surface area contributed by atoms with E-state index in [1.807, 2.05) is 72.8 Å². The van der Waals surface area contributed by atoms with E-state index >= 15 is 0 Å². The maximum Gasteiger partial charge on any atom is 0.159 e. The lowest BCUT2D eigenvalue weighted by atomic mass is 9.93. The van der Waals surface area contributed by atoms with Gasteiger partial charge in [-0.2, -0.15) is 0 Å². The molecule has 0 radical (unpaired) electrons. The Labute approximate surface area is 387 Å². The van der Waals surface area contributed by atoms with Crippen LogP contribution in [0.4, 0.5) is 34.1 Å². The number of hydrogen-bond donors (Lipinski definition) is 0. The molecule has 0 atom stereocenters. The van der Waals surface area contributed by atoms with Gasteiger partial charge in [-0.25, -0.2) is 0 Å². The number of furan rings is 1. The number of fused-ring (bicyclic) bond motifs is 3. The Balaban J connectivity index is 1.27. The summed E-state index contributed by atoms with van der Waals surface area (Å²) >= 11 is 3.84. The predicted octanol–water partition coefficient (Wildman–Crippen LogP) is 18.0. The Morgan fingerprint density at radius 1 is 0.375 bits per heavy atom. The zero-order valence-electron chi connectivity index (χ0n) is 38.5. The third kappa shape index (κ3) is 7.34. The first-order chi connectivity index (χ1) is 33.3. The van der Waals surface area contributed by atoms with Crippen LogP contribution in [0, 0.1) is 0 Å². The molecule has 0 unspecified atom stereocenters. The molecule has 64 heavy (non-hydrogen) atoms. The molecule has 0 saturated heterocycles. The molecule has 4 heteroatoms. The Morgan fingerprint density at radius 2 is 0.891 bits per heavy atom. The average Bonchev–Trinajstić information content (AvgIpc) is 3.80. The maximum absolute atomic E-state index is 9.04. The molecule has 0 spiro atoms. The van der Waals surface area contributed by atoms with Crippen LogP contribution < -0.4 is 9.80 Å². The van der Waals surface area contributed by atoms with Gasteiger partial charge in [0.25, 0.3) is 0 Å². The van der Waals surface area contributed by atoms with Crippen molar-refractivity contribution in [2.45, 2.75) is 0 Å². The quantitative estimate of drug-likeness (QED) is 0.136. The van der Waals surface area contributed by atoms with Gasteiger partial charge in [0, 0.05) is 49.0 Å². The molecule has 304 valence electrons. The molecule has 0 aliphatic carbocycles. The van der Waals surface area contributed by atoms with Crippen molar-refractivity contribution in [3.8, 4) is 44.5 Å². The van der Waals surface area contributed by atoms with Crippen LogP contribution in [0.3, 0.4) is 0 Å². The molecule has 10 aromatic carbocycles. The lowest BCUT2D eigenvalue weighted by molar-refractivity contribution is 0.669. The molecule has 1 heterocycles. The van der Waals surface area contributed by atoms with Crippen LogP contribution in [0.2, 0.25) is 0 Å². The first-order valence-corrected chi connectivity index (χ1v) is 22.0. The Morgan fingerprint density at radius 3 is 1.55 bits per heavy atom. The van der Waals surface area contributed by atoms with Gasteiger partial charge in [0.2, 0.25) is 0 Å². The second kappa shape index (κ2) is 17.1. The minimum absolute atomic E-state index is 0.111. The Bertz CT molecular complexity index is 3580. The summed E-state index contributed by atoms with van der Waals surface area (Å²) in [6.45, 7) is 0. The normalized spacial score (nSPS) is 12.1. The standard InChI is InChI=1S/C60H41BrN2O/c61-47-28-17-29-48(40-47)62(59-52(44-24-9-3-10-25-44)32-18-33-53(59)45-26-11-4-12-27-45)49-38-46(42-20-5-1-6-21-42)39-50(41-49)63(56-35-15-13-30-51(56)43-22-7-2-8-23-43)57-36-19-34-55-54-31-14-16-37-58(54)64-60(55)57/h1-41H/i14D,16D,31D,37D. The molecule has 0 saturated carbocycles. The van der Waals surface area contributed by atoms with E-state index in [-0.39, 0.29) is 29.8 Å². The second-order valence-corrected chi connectivity index (χ2v) is 16.4. The van der Waals surface area contributed by atoms with E-state index in [1.165, 1.54) is 0 Å². The van der Waals surface area contributed by atoms with Gasteiger partial charge in [-0.15, -0.1) is 0 Å². The summed E-state index contributed by atoms with van der Waals surface area (Å²) in [5, 5.41) is 0.931. The average molecular weight is 890 g/mol. The summed E-state index contributed by atoms with van der Waals surface area (Å²) in [7, 11) is 0. The van der Waals surface area contributed by atoms with Crippen LogP contribution in [0.5, 0.6) is 0 Å². The number of anilines is 6. The highest BCUT2D eigenvalue weighted by molar-refractivity contribution is 9.10. The Kier molecular flexibility index (Phi) is 9.25. The van der Waals surface area contributed by atoms with Crippen molar-refractivity contribution in [3.05, 3.63) is 253 Å². The highest BCUT2D eigenvalue weighted by Gasteiger charge is 2.27. The Hall–Kier alpha value is -7.92. The van der Waals surface area contributed by atoms with Gasteiger partial charge in [0.1, 0.15) is 5.58 Å². The van der Waals surface area contributed by atoms with Gasteiger partial charge in [-0.05, 0) is 82.4 Å². The van der Waals surface area contributed by atoms with Crippen molar-refractivity contribution < 1.29 is 9.90 Å². The zero-order chi connectivity index (χ0) is 46.3. The summed E-state index contributed by atoms with van der Waals surface area (Å²) in [5.41, 5.74) is 14.0. The molecule has 0 fully saturated rings. The molecule has 1 aromatic heterocycles. The minimum atomic E-state index is -0.340. The smallest absolute Gasteiger partial charge is 0.159 e. The van der Waals surface area contributed by atoms with Crippen molar-refractivity contribution >= 4 is 72.0 Å². The highest BCUT2D eigenvalue weighted by Crippen LogP contribution is 2.51. The van der Waals surface area contributed by atoms with Crippen molar-refractivity contribution in [1.82, 2.24) is 0 Å². The predicted molar refractivity (Wildman–Crippen MR) is 273 cm³/mol. The fourth-order valence-corrected chi connectivity index (χ4v) is 9.16. The number of nitrogens with zero attached hydrogens (tertiary/aromatic N) is 2. The zero-order valence-corrected chi connectivity index (χ0v) is 36.1. The summed E-state index contributed by atoms with van der Waals surface area (Å²) < 4.78 is 42.8. The van der Waals surface area contributed by atoms with Gasteiger partial charge < -0.3 is 14.2 Å². The number of hydrogen-bond acceptors (Lipinski definition) is 3. The first-order valence-electron chi connectivity index (χ1n) is 23.2. The molecule has 0 bridgehead atoms. The van der Waals surface area contributed by atoms with Crippen molar-refractivity contribution in [3.63, 3.8) is 0 Å². The molecule has 0 aliphatic heterocycles. The molecule has 0 aliphatic rings. The molecule has 11 aromatic rings. The summed E-state index contributed by atoms with van der Waals surface area (Å²) in [5.74, 6) is 0. The number of halogens is 1. The molecule has 3 nitrogen and oxygen atoms in total. The topological polar surface area (TPSA) is 19.6 Å². The molecular formula is C60H41BrN2O. The monoisotopic (exact) mass is 888 g/mol. The van der Waals surface area contributed by atoms with Crippen LogP contribution in [0.25, 0.3) is 66.4 Å². The van der Waals surface area contributed by atoms with Crippen LogP contribution in [-0.2, 0) is 0 Å². The van der Waals surface area contributed by atoms with Gasteiger partial charge >= 0.3 is 0 Å². The highest BCUT2D eigenvalue weighted by atomic mass is 79.9. The van der Waals surface area contributed by atoms with E-state index in [4.69, 9.17) is 9.90 Å². The van der Waals surface area contributed by atoms with Crippen LogP contribution in [-0.4, -0.2) is 0 Å². The van der Waals surface area contributed by atoms with Crippen LogP contribution in [0.1, 0.15) is 5.48 Å². The number of benzene rings is 10. The lowest BCUT2D eigenvalue weighted by Crippen LogP contribution is -2.15. The summed E-state index contributed by atoms with van der Waals surface area (Å²) in [6, 6.07) is 76.5. The first kappa shape index (κ1) is 34.6. The third-order valence-electron chi connectivity index (χ3n) is 11.6. The molecule has 0 amide bonds. The number of rotatable bonds is 10. The largest absolute Gasteiger partial charge is 0.454 e. The lowest BCUT2D eigenvalue weighted by Gasteiger charge is -2.33.